The van der Waals surface area contributed by atoms with E-state index in [0.29, 0.717) is 39.0 Å². The van der Waals surface area contributed by atoms with Crippen molar-refractivity contribution in [1.82, 2.24) is 20.4 Å². The fraction of sp³-hybridized carbons (Fsp3) is 0.800. The van der Waals surface area contributed by atoms with Gasteiger partial charge in [0.1, 0.15) is 0 Å². The van der Waals surface area contributed by atoms with E-state index in [2.05, 4.69) is 10.6 Å². The van der Waals surface area contributed by atoms with Crippen LogP contribution in [0.4, 0.5) is 0 Å². The molecule has 1 aliphatic rings. The third-order valence-electron chi connectivity index (χ3n) is 3.30. The number of halogens is 6. The van der Waals surface area contributed by atoms with Gasteiger partial charge in [-0.25, -0.2) is 0 Å². The summed E-state index contributed by atoms with van der Waals surface area (Å²) in [6.07, 6.45) is 0.842. The molecule has 2 unspecified atom stereocenters. The molecule has 128 valence electrons. The number of hydrogen-bond acceptors (Lipinski definition) is 4. The minimum atomic E-state index is -1.44. The van der Waals surface area contributed by atoms with E-state index in [1.165, 1.54) is 0 Å². The van der Waals surface area contributed by atoms with Gasteiger partial charge in [0.05, 0.1) is 0 Å². The van der Waals surface area contributed by atoms with Crippen molar-refractivity contribution in [2.45, 2.75) is 19.9 Å². The van der Waals surface area contributed by atoms with E-state index in [1.54, 1.807) is 9.80 Å². The summed E-state index contributed by atoms with van der Waals surface area (Å²) in [4.78, 5) is 22.7. The maximum absolute atomic E-state index is 10.7. The van der Waals surface area contributed by atoms with Gasteiger partial charge in [-0.1, -0.05) is 69.6 Å². The van der Waals surface area contributed by atoms with Crippen molar-refractivity contribution in [3.05, 3.63) is 0 Å². The van der Waals surface area contributed by atoms with Gasteiger partial charge in [0.15, 0.2) is 9.67 Å². The average molecular weight is 435 g/mol. The molecule has 6 nitrogen and oxygen atoms in total. The van der Waals surface area contributed by atoms with Crippen LogP contribution in [0, 0.1) is 0 Å². The van der Waals surface area contributed by atoms with Crippen LogP contribution in [0.1, 0.15) is 0 Å². The largest absolute Gasteiger partial charge is 0.325 e. The van der Waals surface area contributed by atoms with Gasteiger partial charge < -0.3 is 10.6 Å². The van der Waals surface area contributed by atoms with Gasteiger partial charge in [0, 0.05) is 26.2 Å². The summed E-state index contributed by atoms with van der Waals surface area (Å²) in [7, 11) is 0. The number of nitrogens with one attached hydrogen (secondary N) is 2. The van der Waals surface area contributed by atoms with E-state index in [-0.39, 0.29) is 0 Å². The molecular weight excluding hydrogens is 421 g/mol. The molecule has 0 bridgehead atoms. The highest BCUT2D eigenvalue weighted by Gasteiger charge is 2.46. The van der Waals surface area contributed by atoms with Gasteiger partial charge in [0.2, 0.25) is 23.1 Å². The number of alkyl halides is 6. The molecule has 1 fully saturated rings. The average Bonchev–Trinajstić information content (AvgIpc) is 2.47. The van der Waals surface area contributed by atoms with Crippen LogP contribution in [-0.2, 0) is 9.59 Å². The van der Waals surface area contributed by atoms with Gasteiger partial charge >= 0.3 is 0 Å². The Bertz CT molecular complexity index is 360. The van der Waals surface area contributed by atoms with E-state index in [0.717, 1.165) is 0 Å². The molecule has 0 aromatic carbocycles. The third kappa shape index (κ3) is 4.36. The first-order valence-corrected chi connectivity index (χ1v) is 8.59. The number of carbonyl (C=O) groups excluding carboxylic acids is 2. The summed E-state index contributed by atoms with van der Waals surface area (Å²) >= 11 is 36.0. The first-order valence-electron chi connectivity index (χ1n) is 6.09. The van der Waals surface area contributed by atoms with Gasteiger partial charge in [-0.05, 0) is 0 Å². The third-order valence-corrected chi connectivity index (χ3v) is 6.14. The van der Waals surface area contributed by atoms with E-state index in [4.69, 9.17) is 69.6 Å². The minimum Gasteiger partial charge on any atom is -0.325 e. The van der Waals surface area contributed by atoms with Crippen molar-refractivity contribution >= 4 is 82.4 Å². The minimum absolute atomic E-state index is 0.357. The Morgan fingerprint density at radius 1 is 0.773 bits per heavy atom. The molecule has 0 aromatic rings. The molecule has 0 spiro atoms. The van der Waals surface area contributed by atoms with Crippen LogP contribution < -0.4 is 10.6 Å². The number of nitrogens with zero attached hydrogens (tertiary/aromatic N) is 2. The van der Waals surface area contributed by atoms with E-state index in [9.17, 15) is 9.59 Å². The molecule has 22 heavy (non-hydrogen) atoms. The standard InChI is InChI=1S/C10H14Cl6N4O2/c11-7(12)9(15,17-5-21)19-1-2-20(4-3-19)10(16,8(13)14)18-6-22/h5-8H,1-4H2,(H,17,21)(H,18,22). The summed E-state index contributed by atoms with van der Waals surface area (Å²) < 4.78 is 0. The molecule has 0 radical (unpaired) electrons. The second kappa shape index (κ2) is 8.62. The maximum atomic E-state index is 10.7. The first-order chi connectivity index (χ1) is 10.2. The molecule has 0 aromatic heterocycles. The van der Waals surface area contributed by atoms with E-state index in [1.807, 2.05) is 0 Å². The van der Waals surface area contributed by atoms with Crippen LogP contribution in [0.25, 0.3) is 0 Å². The Kier molecular flexibility index (Phi) is 8.09. The van der Waals surface area contributed by atoms with E-state index >= 15 is 0 Å². The smallest absolute Gasteiger partial charge is 0.209 e. The van der Waals surface area contributed by atoms with Gasteiger partial charge in [-0.3, -0.25) is 19.4 Å². The number of rotatable bonds is 8. The van der Waals surface area contributed by atoms with Crippen molar-refractivity contribution in [2.75, 3.05) is 26.2 Å². The molecule has 2 N–H and O–H groups in total. The van der Waals surface area contributed by atoms with Crippen molar-refractivity contribution < 1.29 is 9.59 Å². The molecule has 2 amide bonds. The van der Waals surface area contributed by atoms with Crippen LogP contribution in [0.3, 0.4) is 0 Å². The fourth-order valence-electron chi connectivity index (χ4n) is 2.11. The normalized spacial score (nSPS) is 22.9. The second-order valence-electron chi connectivity index (χ2n) is 4.45. The number of piperazine rings is 1. The molecule has 1 heterocycles. The van der Waals surface area contributed by atoms with Crippen LogP contribution >= 0.6 is 69.6 Å². The van der Waals surface area contributed by atoms with Crippen LogP contribution in [-0.4, -0.2) is 68.7 Å². The van der Waals surface area contributed by atoms with E-state index < -0.39 is 19.9 Å². The highest BCUT2D eigenvalue weighted by atomic mass is 35.5. The van der Waals surface area contributed by atoms with Gasteiger partial charge in [0.25, 0.3) is 0 Å². The van der Waals surface area contributed by atoms with Crippen LogP contribution in [0.2, 0.25) is 0 Å². The van der Waals surface area contributed by atoms with Crippen LogP contribution in [0.5, 0.6) is 0 Å². The Balaban J connectivity index is 2.80. The predicted molar refractivity (Wildman–Crippen MR) is 89.7 cm³/mol. The number of amides is 2. The van der Waals surface area contributed by atoms with Gasteiger partial charge in [-0.2, -0.15) is 0 Å². The van der Waals surface area contributed by atoms with Crippen molar-refractivity contribution in [3.8, 4) is 0 Å². The SMILES string of the molecule is O=CNC(Cl)(C(Cl)Cl)N1CCN(C(Cl)(NC=O)C(Cl)Cl)CC1. The zero-order valence-corrected chi connectivity index (χ0v) is 15.7. The molecule has 1 rings (SSSR count). The molecule has 2 atom stereocenters. The quantitative estimate of drug-likeness (QED) is 0.345. The lowest BCUT2D eigenvalue weighted by atomic mass is 10.2. The monoisotopic (exact) mass is 432 g/mol. The molecule has 12 heteroatoms. The topological polar surface area (TPSA) is 64.7 Å². The molecule has 0 aliphatic carbocycles. The number of carbonyl (C=O) groups is 2. The Labute approximate surface area is 158 Å². The zero-order chi connectivity index (χ0) is 17.0. The Morgan fingerprint density at radius 3 is 1.23 bits per heavy atom. The Morgan fingerprint density at radius 2 is 1.05 bits per heavy atom. The van der Waals surface area contributed by atoms with Crippen molar-refractivity contribution in [1.29, 1.82) is 0 Å². The summed E-state index contributed by atoms with van der Waals surface area (Å²) in [5.74, 6) is 0. The lowest BCUT2D eigenvalue weighted by molar-refractivity contribution is -0.114. The summed E-state index contributed by atoms with van der Waals surface area (Å²) in [5.41, 5.74) is 0. The number of hydrogen-bond donors (Lipinski definition) is 2. The molecule has 0 saturated carbocycles. The van der Waals surface area contributed by atoms with Crippen LogP contribution in [0.15, 0.2) is 0 Å². The zero-order valence-electron chi connectivity index (χ0n) is 11.1. The van der Waals surface area contributed by atoms with Crippen molar-refractivity contribution in [3.63, 3.8) is 0 Å². The fourth-order valence-corrected chi connectivity index (χ4v) is 3.34. The first kappa shape index (κ1) is 20.6. The molecule has 1 saturated heterocycles. The maximum Gasteiger partial charge on any atom is 0.209 e. The summed E-state index contributed by atoms with van der Waals surface area (Å²) in [5, 5.41) is 1.92. The highest BCUT2D eigenvalue weighted by molar-refractivity contribution is 6.50. The van der Waals surface area contributed by atoms with Crippen molar-refractivity contribution in [2.24, 2.45) is 0 Å². The predicted octanol–water partition coefficient (Wildman–Crippen LogP) is 1.49. The molecule has 1 aliphatic heterocycles. The van der Waals surface area contributed by atoms with Gasteiger partial charge in [-0.15, -0.1) is 0 Å². The lowest BCUT2D eigenvalue weighted by Crippen LogP contribution is -2.68. The Hall–Kier alpha value is 0.600. The summed E-state index contributed by atoms with van der Waals surface area (Å²) in [6, 6.07) is 0. The highest BCUT2D eigenvalue weighted by Crippen LogP contribution is 2.33. The molecular formula is C10H14Cl6N4O2. The second-order valence-corrected chi connectivity index (χ2v) is 7.79. The lowest BCUT2D eigenvalue weighted by Gasteiger charge is -2.48. The summed E-state index contributed by atoms with van der Waals surface area (Å²) in [6.45, 7) is 1.43.